The lowest BCUT2D eigenvalue weighted by Crippen LogP contribution is -2.14. The van der Waals surface area contributed by atoms with Crippen LogP contribution in [-0.2, 0) is 0 Å². The third kappa shape index (κ3) is 7.17. The Labute approximate surface area is 55.1 Å². The largest absolute Gasteiger partial charge is 0.411 e. The minimum absolute atomic E-state index is 0.754. The Kier molecular flexibility index (Phi) is 6.51. The van der Waals surface area contributed by atoms with Gasteiger partial charge in [-0.15, -0.1) is 11.7 Å². The van der Waals surface area contributed by atoms with Crippen molar-refractivity contribution in [3.63, 3.8) is 0 Å². The molecule has 0 rings (SSSR count). The van der Waals surface area contributed by atoms with E-state index in [2.05, 4.69) is 17.1 Å². The van der Waals surface area contributed by atoms with E-state index in [-0.39, 0.29) is 0 Å². The van der Waals surface area contributed by atoms with Gasteiger partial charge in [0.25, 0.3) is 0 Å². The van der Waals surface area contributed by atoms with Crippen molar-refractivity contribution in [2.45, 2.75) is 6.42 Å². The zero-order chi connectivity index (χ0) is 6.95. The quantitative estimate of drug-likeness (QED) is 0.187. The molecule has 0 heterocycles. The van der Waals surface area contributed by atoms with Gasteiger partial charge in [0.1, 0.15) is 0 Å². The zero-order valence-corrected chi connectivity index (χ0v) is 5.38. The van der Waals surface area contributed by atoms with Crippen molar-refractivity contribution in [2.75, 3.05) is 13.1 Å². The lowest BCUT2D eigenvalue weighted by Gasteiger charge is -1.93. The lowest BCUT2D eigenvalue weighted by molar-refractivity contribution is 0.320. The Balaban J connectivity index is 2.82. The Morgan fingerprint density at radius 1 is 1.67 bits per heavy atom. The SMILES string of the molecule is C=CCNCC/C=N/O. The van der Waals surface area contributed by atoms with Crippen LogP contribution in [0.2, 0.25) is 0 Å². The Bertz CT molecular complexity index is 91.1. The molecule has 3 heteroatoms. The molecule has 0 unspecified atom stereocenters. The first-order valence-corrected chi connectivity index (χ1v) is 2.89. The van der Waals surface area contributed by atoms with Gasteiger partial charge in [0.2, 0.25) is 0 Å². The Morgan fingerprint density at radius 2 is 2.44 bits per heavy atom. The molecule has 2 N–H and O–H groups in total. The van der Waals surface area contributed by atoms with Gasteiger partial charge in [0.15, 0.2) is 0 Å². The van der Waals surface area contributed by atoms with E-state index in [0.717, 1.165) is 19.5 Å². The second kappa shape index (κ2) is 7.17. The summed E-state index contributed by atoms with van der Waals surface area (Å²) >= 11 is 0. The molecule has 0 aromatic heterocycles. The van der Waals surface area contributed by atoms with Crippen LogP contribution in [0.4, 0.5) is 0 Å². The van der Waals surface area contributed by atoms with Gasteiger partial charge in [-0.3, -0.25) is 0 Å². The molecule has 0 amide bonds. The van der Waals surface area contributed by atoms with E-state index in [0.29, 0.717) is 0 Å². The molecule has 0 aliphatic carbocycles. The molecule has 0 fully saturated rings. The number of hydrogen-bond donors (Lipinski definition) is 2. The summed E-state index contributed by atoms with van der Waals surface area (Å²) in [5.74, 6) is 0. The number of rotatable bonds is 5. The predicted octanol–water partition coefficient (Wildman–Crippen LogP) is 0.612. The molecule has 9 heavy (non-hydrogen) atoms. The summed E-state index contributed by atoms with van der Waals surface area (Å²) in [4.78, 5) is 0. The first kappa shape index (κ1) is 8.17. The minimum atomic E-state index is 0.754. The maximum absolute atomic E-state index is 7.94. The first-order valence-electron chi connectivity index (χ1n) is 2.89. The average molecular weight is 128 g/mol. The highest BCUT2D eigenvalue weighted by molar-refractivity contribution is 5.56. The average Bonchev–Trinajstić information content (AvgIpc) is 1.89. The van der Waals surface area contributed by atoms with E-state index in [9.17, 15) is 0 Å². The Hall–Kier alpha value is -0.830. The molecule has 0 aliphatic heterocycles. The van der Waals surface area contributed by atoms with Gasteiger partial charge in [-0.25, -0.2) is 0 Å². The topological polar surface area (TPSA) is 44.6 Å². The summed E-state index contributed by atoms with van der Waals surface area (Å²) in [6.07, 6.45) is 4.00. The van der Waals surface area contributed by atoms with Crippen LogP contribution in [0.1, 0.15) is 6.42 Å². The first-order chi connectivity index (χ1) is 4.41. The third-order valence-electron chi connectivity index (χ3n) is 0.821. The van der Waals surface area contributed by atoms with Crippen LogP contribution >= 0.6 is 0 Å². The molecule has 0 aromatic carbocycles. The van der Waals surface area contributed by atoms with Gasteiger partial charge in [-0.05, 0) is 6.42 Å². The van der Waals surface area contributed by atoms with E-state index >= 15 is 0 Å². The standard InChI is InChI=1S/C6H12N2O/c1-2-4-7-5-3-6-8-9/h2,6-7,9H,1,3-5H2/b8-6+. The summed E-state index contributed by atoms with van der Waals surface area (Å²) in [7, 11) is 0. The molecule has 0 saturated carbocycles. The Morgan fingerprint density at radius 3 is 3.00 bits per heavy atom. The maximum Gasteiger partial charge on any atom is 0.0448 e. The fourth-order valence-electron chi connectivity index (χ4n) is 0.428. The molecular weight excluding hydrogens is 116 g/mol. The van der Waals surface area contributed by atoms with Crippen LogP contribution in [0.3, 0.4) is 0 Å². The molecule has 0 aromatic rings. The highest BCUT2D eigenvalue weighted by atomic mass is 16.4. The van der Waals surface area contributed by atoms with Crippen LogP contribution in [0.25, 0.3) is 0 Å². The number of oxime groups is 1. The summed E-state index contributed by atoms with van der Waals surface area (Å²) in [5.41, 5.74) is 0. The summed E-state index contributed by atoms with van der Waals surface area (Å²) in [5, 5.41) is 13.8. The van der Waals surface area contributed by atoms with E-state index in [4.69, 9.17) is 5.21 Å². The molecular formula is C6H12N2O. The summed E-state index contributed by atoms with van der Waals surface area (Å²) in [6, 6.07) is 0. The summed E-state index contributed by atoms with van der Waals surface area (Å²) in [6.45, 7) is 5.17. The fraction of sp³-hybridized carbons (Fsp3) is 0.500. The normalized spacial score (nSPS) is 10.2. The van der Waals surface area contributed by atoms with Crippen molar-refractivity contribution in [3.8, 4) is 0 Å². The van der Waals surface area contributed by atoms with E-state index in [1.807, 2.05) is 0 Å². The second-order valence-corrected chi connectivity index (χ2v) is 1.58. The smallest absolute Gasteiger partial charge is 0.0448 e. The van der Waals surface area contributed by atoms with Gasteiger partial charge >= 0.3 is 0 Å². The van der Waals surface area contributed by atoms with Crippen LogP contribution in [0.5, 0.6) is 0 Å². The van der Waals surface area contributed by atoms with Crippen LogP contribution in [-0.4, -0.2) is 24.5 Å². The molecule has 0 saturated heterocycles. The third-order valence-corrected chi connectivity index (χ3v) is 0.821. The number of hydrogen-bond acceptors (Lipinski definition) is 3. The van der Waals surface area contributed by atoms with Crippen molar-refractivity contribution in [1.29, 1.82) is 0 Å². The van der Waals surface area contributed by atoms with Gasteiger partial charge in [-0.2, -0.15) is 0 Å². The van der Waals surface area contributed by atoms with Gasteiger partial charge < -0.3 is 10.5 Å². The van der Waals surface area contributed by atoms with Crippen molar-refractivity contribution >= 4 is 6.21 Å². The van der Waals surface area contributed by atoms with E-state index in [1.54, 1.807) is 6.08 Å². The van der Waals surface area contributed by atoms with Crippen molar-refractivity contribution < 1.29 is 5.21 Å². The van der Waals surface area contributed by atoms with E-state index in [1.165, 1.54) is 6.21 Å². The highest BCUT2D eigenvalue weighted by Crippen LogP contribution is 1.68. The molecule has 0 aliphatic rings. The van der Waals surface area contributed by atoms with Crippen LogP contribution in [0.15, 0.2) is 17.8 Å². The summed E-state index contributed by atoms with van der Waals surface area (Å²) < 4.78 is 0. The lowest BCUT2D eigenvalue weighted by atomic mass is 10.4. The van der Waals surface area contributed by atoms with Gasteiger partial charge in [0.05, 0.1) is 0 Å². The monoisotopic (exact) mass is 128 g/mol. The minimum Gasteiger partial charge on any atom is -0.411 e. The van der Waals surface area contributed by atoms with Crippen molar-refractivity contribution in [3.05, 3.63) is 12.7 Å². The predicted molar refractivity (Wildman–Crippen MR) is 38.0 cm³/mol. The molecule has 0 bridgehead atoms. The number of nitrogens with one attached hydrogen (secondary N) is 1. The second-order valence-electron chi connectivity index (χ2n) is 1.58. The molecule has 52 valence electrons. The van der Waals surface area contributed by atoms with Crippen molar-refractivity contribution in [2.24, 2.45) is 5.16 Å². The molecule has 0 atom stereocenters. The number of nitrogens with zero attached hydrogens (tertiary/aromatic N) is 1. The maximum atomic E-state index is 7.94. The van der Waals surface area contributed by atoms with Gasteiger partial charge in [-0.1, -0.05) is 6.08 Å². The molecule has 0 radical (unpaired) electrons. The fourth-order valence-corrected chi connectivity index (χ4v) is 0.428. The highest BCUT2D eigenvalue weighted by Gasteiger charge is 1.78. The van der Waals surface area contributed by atoms with Crippen molar-refractivity contribution in [1.82, 2.24) is 5.32 Å². The zero-order valence-electron chi connectivity index (χ0n) is 5.38. The molecule has 0 spiro atoms. The van der Waals surface area contributed by atoms with Crippen LogP contribution < -0.4 is 5.32 Å². The molecule has 3 nitrogen and oxygen atoms in total. The van der Waals surface area contributed by atoms with Gasteiger partial charge in [0, 0.05) is 19.3 Å². The van der Waals surface area contributed by atoms with E-state index < -0.39 is 0 Å². The van der Waals surface area contributed by atoms with Crippen LogP contribution in [0, 0.1) is 0 Å².